The standard InChI is InChI=1S/C19H15Cl2N5O4/c1-24(11-17(27)23-18-15(20)3-2-4-16(18)21)19(28)12-9-22-25(10-12)13-5-7-14(8-6-13)26(29)30/h2-10H,11H2,1H3,(H,23,27). The highest BCUT2D eigenvalue weighted by atomic mass is 35.5. The van der Waals surface area contributed by atoms with Crippen LogP contribution in [0.5, 0.6) is 0 Å². The lowest BCUT2D eigenvalue weighted by Crippen LogP contribution is -2.34. The van der Waals surface area contributed by atoms with E-state index in [0.29, 0.717) is 5.69 Å². The number of halogens is 2. The van der Waals surface area contributed by atoms with E-state index in [1.54, 1.807) is 18.2 Å². The van der Waals surface area contributed by atoms with Gasteiger partial charge in [0, 0.05) is 25.4 Å². The number of nitrogens with zero attached hydrogens (tertiary/aromatic N) is 4. The number of carbonyl (C=O) groups is 2. The highest BCUT2D eigenvalue weighted by Gasteiger charge is 2.18. The van der Waals surface area contributed by atoms with Gasteiger partial charge >= 0.3 is 0 Å². The third-order valence-corrected chi connectivity index (χ3v) is 4.74. The van der Waals surface area contributed by atoms with Crippen LogP contribution in [0.2, 0.25) is 10.0 Å². The second-order valence-electron chi connectivity index (χ2n) is 6.25. The number of anilines is 1. The van der Waals surface area contributed by atoms with Crippen LogP contribution in [0, 0.1) is 10.1 Å². The summed E-state index contributed by atoms with van der Waals surface area (Å²) >= 11 is 12.1. The summed E-state index contributed by atoms with van der Waals surface area (Å²) in [6.45, 7) is -0.233. The molecule has 0 bridgehead atoms. The first-order valence-electron chi connectivity index (χ1n) is 8.55. The number of hydrogen-bond donors (Lipinski definition) is 1. The van der Waals surface area contributed by atoms with E-state index in [1.165, 1.54) is 53.3 Å². The lowest BCUT2D eigenvalue weighted by Gasteiger charge is -2.16. The van der Waals surface area contributed by atoms with Crippen LogP contribution >= 0.6 is 23.2 Å². The van der Waals surface area contributed by atoms with Gasteiger partial charge in [0.25, 0.3) is 11.6 Å². The molecule has 3 rings (SSSR count). The Hall–Kier alpha value is -3.43. The van der Waals surface area contributed by atoms with Gasteiger partial charge in [-0.2, -0.15) is 5.10 Å². The quantitative estimate of drug-likeness (QED) is 0.456. The Morgan fingerprint density at radius 2 is 1.80 bits per heavy atom. The predicted octanol–water partition coefficient (Wildman–Crippen LogP) is 3.80. The zero-order chi connectivity index (χ0) is 21.8. The highest BCUT2D eigenvalue weighted by Crippen LogP contribution is 2.29. The maximum Gasteiger partial charge on any atom is 0.269 e. The van der Waals surface area contributed by atoms with Crippen molar-refractivity contribution in [2.45, 2.75) is 0 Å². The minimum Gasteiger partial charge on any atom is -0.332 e. The number of nitro groups is 1. The molecule has 2 amide bonds. The van der Waals surface area contributed by atoms with Crippen molar-refractivity contribution in [1.29, 1.82) is 0 Å². The van der Waals surface area contributed by atoms with Gasteiger partial charge in [0.2, 0.25) is 5.91 Å². The Kier molecular flexibility index (Phi) is 6.34. The van der Waals surface area contributed by atoms with Gasteiger partial charge < -0.3 is 10.2 Å². The normalized spacial score (nSPS) is 10.5. The van der Waals surface area contributed by atoms with Gasteiger partial charge in [-0.1, -0.05) is 29.3 Å². The fraction of sp³-hybridized carbons (Fsp3) is 0.105. The minimum atomic E-state index is -0.502. The molecule has 2 aromatic carbocycles. The first-order valence-corrected chi connectivity index (χ1v) is 9.30. The Morgan fingerprint density at radius 3 is 2.40 bits per heavy atom. The fourth-order valence-electron chi connectivity index (χ4n) is 2.61. The van der Waals surface area contributed by atoms with Gasteiger partial charge in [-0.05, 0) is 24.3 Å². The van der Waals surface area contributed by atoms with E-state index in [-0.39, 0.29) is 33.5 Å². The SMILES string of the molecule is CN(CC(=O)Nc1c(Cl)cccc1Cl)C(=O)c1cnn(-c2ccc([N+](=O)[O-])cc2)c1. The molecule has 1 aromatic heterocycles. The molecule has 154 valence electrons. The summed E-state index contributed by atoms with van der Waals surface area (Å²) in [6.07, 6.45) is 2.83. The number of para-hydroxylation sites is 1. The van der Waals surface area contributed by atoms with Crippen molar-refractivity contribution in [2.75, 3.05) is 18.9 Å². The summed E-state index contributed by atoms with van der Waals surface area (Å²) in [5.41, 5.74) is 1.03. The summed E-state index contributed by atoms with van der Waals surface area (Å²) in [5, 5.41) is 18.0. The number of rotatable bonds is 6. The summed E-state index contributed by atoms with van der Waals surface area (Å²) in [7, 11) is 1.47. The molecule has 0 saturated carbocycles. The molecule has 0 spiro atoms. The van der Waals surface area contributed by atoms with Gasteiger partial charge in [-0.25, -0.2) is 4.68 Å². The molecule has 1 N–H and O–H groups in total. The summed E-state index contributed by atoms with van der Waals surface area (Å²) < 4.78 is 1.41. The van der Waals surface area contributed by atoms with Crippen LogP contribution in [0.15, 0.2) is 54.9 Å². The monoisotopic (exact) mass is 447 g/mol. The van der Waals surface area contributed by atoms with Crippen molar-refractivity contribution >= 4 is 46.4 Å². The first-order chi connectivity index (χ1) is 14.3. The van der Waals surface area contributed by atoms with Crippen LogP contribution in [0.4, 0.5) is 11.4 Å². The van der Waals surface area contributed by atoms with Gasteiger partial charge in [0.1, 0.15) is 0 Å². The van der Waals surface area contributed by atoms with E-state index in [9.17, 15) is 19.7 Å². The van der Waals surface area contributed by atoms with Crippen LogP contribution in [0.25, 0.3) is 5.69 Å². The largest absolute Gasteiger partial charge is 0.332 e. The van der Waals surface area contributed by atoms with E-state index in [4.69, 9.17) is 23.2 Å². The van der Waals surface area contributed by atoms with Crippen molar-refractivity contribution in [2.24, 2.45) is 0 Å². The Morgan fingerprint density at radius 1 is 1.17 bits per heavy atom. The number of non-ortho nitro benzene ring substituents is 1. The van der Waals surface area contributed by atoms with Crippen molar-refractivity contribution in [3.05, 3.63) is 80.6 Å². The van der Waals surface area contributed by atoms with E-state index >= 15 is 0 Å². The van der Waals surface area contributed by atoms with E-state index in [2.05, 4.69) is 10.4 Å². The van der Waals surface area contributed by atoms with Crippen LogP contribution in [0.3, 0.4) is 0 Å². The Labute approximate surface area is 181 Å². The molecule has 3 aromatic rings. The molecule has 0 aliphatic heterocycles. The zero-order valence-electron chi connectivity index (χ0n) is 15.6. The molecule has 11 heteroatoms. The lowest BCUT2D eigenvalue weighted by atomic mass is 10.3. The maximum absolute atomic E-state index is 12.6. The van der Waals surface area contributed by atoms with Crippen molar-refractivity contribution < 1.29 is 14.5 Å². The van der Waals surface area contributed by atoms with Crippen LogP contribution in [0.1, 0.15) is 10.4 Å². The second-order valence-corrected chi connectivity index (χ2v) is 7.07. The van der Waals surface area contributed by atoms with E-state index < -0.39 is 16.7 Å². The molecular weight excluding hydrogens is 433 g/mol. The molecule has 1 heterocycles. The molecule has 0 atom stereocenters. The van der Waals surface area contributed by atoms with E-state index in [1.807, 2.05) is 0 Å². The molecule has 0 aliphatic carbocycles. The molecule has 0 fully saturated rings. The number of benzene rings is 2. The topological polar surface area (TPSA) is 110 Å². The van der Waals surface area contributed by atoms with Gasteiger partial charge in [-0.15, -0.1) is 0 Å². The average Bonchev–Trinajstić information content (AvgIpc) is 3.20. The molecule has 0 aliphatic rings. The smallest absolute Gasteiger partial charge is 0.269 e. The summed E-state index contributed by atoms with van der Waals surface area (Å²) in [6, 6.07) is 10.5. The number of carbonyl (C=O) groups excluding carboxylic acids is 2. The molecular formula is C19H15Cl2N5O4. The van der Waals surface area contributed by atoms with Crippen molar-refractivity contribution in [3.8, 4) is 5.69 Å². The first kappa shape index (κ1) is 21.3. The van der Waals surface area contributed by atoms with Crippen LogP contribution in [-0.2, 0) is 4.79 Å². The van der Waals surface area contributed by atoms with Crippen molar-refractivity contribution in [1.82, 2.24) is 14.7 Å². The number of likely N-dealkylation sites (N-methyl/N-ethyl adjacent to an activating group) is 1. The average molecular weight is 448 g/mol. The lowest BCUT2D eigenvalue weighted by molar-refractivity contribution is -0.384. The van der Waals surface area contributed by atoms with Gasteiger partial charge in [0.05, 0.1) is 44.6 Å². The second kappa shape index (κ2) is 8.93. The minimum absolute atomic E-state index is 0.0495. The molecule has 0 radical (unpaired) electrons. The summed E-state index contributed by atoms with van der Waals surface area (Å²) in [4.78, 5) is 36.3. The highest BCUT2D eigenvalue weighted by molar-refractivity contribution is 6.39. The Balaban J connectivity index is 1.66. The summed E-state index contributed by atoms with van der Waals surface area (Å²) in [5.74, 6) is -0.896. The molecule has 30 heavy (non-hydrogen) atoms. The third kappa shape index (κ3) is 4.76. The predicted molar refractivity (Wildman–Crippen MR) is 112 cm³/mol. The van der Waals surface area contributed by atoms with E-state index in [0.717, 1.165) is 0 Å². The number of nitrogens with one attached hydrogen (secondary N) is 1. The van der Waals surface area contributed by atoms with Crippen LogP contribution in [-0.4, -0.2) is 45.0 Å². The van der Waals surface area contributed by atoms with Crippen LogP contribution < -0.4 is 5.32 Å². The number of hydrogen-bond acceptors (Lipinski definition) is 5. The maximum atomic E-state index is 12.6. The Bertz CT molecular complexity index is 1090. The fourth-order valence-corrected chi connectivity index (χ4v) is 3.10. The number of nitro benzene ring substituents is 1. The molecule has 9 nitrogen and oxygen atoms in total. The number of aromatic nitrogens is 2. The number of amides is 2. The molecule has 0 saturated heterocycles. The van der Waals surface area contributed by atoms with Gasteiger partial charge in [-0.3, -0.25) is 19.7 Å². The zero-order valence-corrected chi connectivity index (χ0v) is 17.1. The van der Waals surface area contributed by atoms with Crippen molar-refractivity contribution in [3.63, 3.8) is 0 Å². The molecule has 0 unspecified atom stereocenters. The van der Waals surface area contributed by atoms with Gasteiger partial charge in [0.15, 0.2) is 0 Å². The third-order valence-electron chi connectivity index (χ3n) is 4.11.